The van der Waals surface area contributed by atoms with Gasteiger partial charge in [0.05, 0.1) is 0 Å². The number of nitrogens with two attached hydrogens (primary N) is 1. The Bertz CT molecular complexity index is 446. The quantitative estimate of drug-likeness (QED) is 0.317. The van der Waals surface area contributed by atoms with Crippen molar-refractivity contribution in [1.82, 2.24) is 5.32 Å². The highest BCUT2D eigenvalue weighted by molar-refractivity contribution is 5.95. The van der Waals surface area contributed by atoms with Gasteiger partial charge in [-0.25, -0.2) is 4.39 Å². The molecule has 4 N–H and O–H groups in total. The molecule has 1 rings (SSSR count). The van der Waals surface area contributed by atoms with Crippen LogP contribution in [0.5, 0.6) is 0 Å². The molecule has 0 spiro atoms. The fourth-order valence-corrected chi connectivity index (χ4v) is 1.33. The molecule has 1 aromatic carbocycles. The summed E-state index contributed by atoms with van der Waals surface area (Å²) in [6.07, 6.45) is 0.252. The molecule has 0 saturated carbocycles. The number of benzene rings is 1. The minimum absolute atomic E-state index is 0.0427. The van der Waals surface area contributed by atoms with Gasteiger partial charge >= 0.3 is 0 Å². The highest BCUT2D eigenvalue weighted by Gasteiger charge is 2.08. The van der Waals surface area contributed by atoms with Crippen LogP contribution in [0.25, 0.3) is 0 Å². The summed E-state index contributed by atoms with van der Waals surface area (Å²) < 4.78 is 12.8. The highest BCUT2D eigenvalue weighted by atomic mass is 19.1. The van der Waals surface area contributed by atoms with E-state index >= 15 is 0 Å². The van der Waals surface area contributed by atoms with E-state index in [1.165, 1.54) is 18.2 Å². The standard InChI is InChI=1S/C11H14FN3O2/c1-7-6-8(12)2-3-9(7)11(16)14-5-4-10(13)15-17/h2-3,6,17H,4-5H2,1H3,(H2,13,15)(H,14,16). The van der Waals surface area contributed by atoms with E-state index in [0.29, 0.717) is 11.1 Å². The Labute approximate surface area is 98.1 Å². The number of nitrogens with zero attached hydrogens (tertiary/aromatic N) is 1. The largest absolute Gasteiger partial charge is 0.409 e. The Morgan fingerprint density at radius 1 is 1.59 bits per heavy atom. The first-order chi connectivity index (χ1) is 8.04. The summed E-state index contributed by atoms with van der Waals surface area (Å²) in [5.74, 6) is -0.648. The zero-order valence-corrected chi connectivity index (χ0v) is 9.40. The number of hydrogen-bond donors (Lipinski definition) is 3. The van der Waals surface area contributed by atoms with Crippen LogP contribution in [0, 0.1) is 12.7 Å². The molecule has 6 heteroatoms. The molecule has 1 aromatic rings. The van der Waals surface area contributed by atoms with Crippen LogP contribution in [-0.2, 0) is 0 Å². The molecule has 0 aliphatic carbocycles. The van der Waals surface area contributed by atoms with Crippen molar-refractivity contribution in [2.24, 2.45) is 10.9 Å². The van der Waals surface area contributed by atoms with Crippen LogP contribution in [0.3, 0.4) is 0 Å². The summed E-state index contributed by atoms with van der Waals surface area (Å²) >= 11 is 0. The number of nitrogens with one attached hydrogen (secondary N) is 1. The van der Waals surface area contributed by atoms with Crippen molar-refractivity contribution in [3.8, 4) is 0 Å². The molecule has 0 aromatic heterocycles. The number of amides is 1. The van der Waals surface area contributed by atoms with Crippen molar-refractivity contribution in [1.29, 1.82) is 0 Å². The van der Waals surface area contributed by atoms with E-state index in [2.05, 4.69) is 10.5 Å². The highest BCUT2D eigenvalue weighted by Crippen LogP contribution is 2.09. The van der Waals surface area contributed by atoms with Crippen molar-refractivity contribution < 1.29 is 14.4 Å². The molecule has 0 saturated heterocycles. The molecule has 0 radical (unpaired) electrons. The number of rotatable bonds is 4. The van der Waals surface area contributed by atoms with Crippen LogP contribution in [0.2, 0.25) is 0 Å². The van der Waals surface area contributed by atoms with Gasteiger partial charge in [0.15, 0.2) is 0 Å². The van der Waals surface area contributed by atoms with Crippen molar-refractivity contribution in [2.75, 3.05) is 6.54 Å². The van der Waals surface area contributed by atoms with Gasteiger partial charge in [0.1, 0.15) is 11.7 Å². The fourth-order valence-electron chi connectivity index (χ4n) is 1.33. The van der Waals surface area contributed by atoms with Gasteiger partial charge in [-0.1, -0.05) is 5.16 Å². The molecule has 17 heavy (non-hydrogen) atoms. The number of amidine groups is 1. The van der Waals surface area contributed by atoms with E-state index < -0.39 is 0 Å². The summed E-state index contributed by atoms with van der Waals surface area (Å²) in [7, 11) is 0. The maximum atomic E-state index is 12.8. The smallest absolute Gasteiger partial charge is 0.251 e. The minimum atomic E-state index is -0.379. The molecule has 1 amide bonds. The summed E-state index contributed by atoms with van der Waals surface area (Å²) in [6.45, 7) is 1.91. The van der Waals surface area contributed by atoms with Gasteiger partial charge in [0.2, 0.25) is 0 Å². The SMILES string of the molecule is Cc1cc(F)ccc1C(=O)NCC/C(N)=N/O. The molecular formula is C11H14FN3O2. The van der Waals surface area contributed by atoms with Crippen molar-refractivity contribution in [3.63, 3.8) is 0 Å². The lowest BCUT2D eigenvalue weighted by Gasteiger charge is -2.07. The molecular weight excluding hydrogens is 225 g/mol. The van der Waals surface area contributed by atoms with Crippen LogP contribution in [-0.4, -0.2) is 23.5 Å². The zero-order chi connectivity index (χ0) is 12.8. The summed E-state index contributed by atoms with van der Waals surface area (Å²) in [6, 6.07) is 3.94. The molecule has 0 atom stereocenters. The topological polar surface area (TPSA) is 87.7 Å². The Balaban J connectivity index is 2.58. The Morgan fingerprint density at radius 2 is 2.29 bits per heavy atom. The first-order valence-electron chi connectivity index (χ1n) is 5.05. The van der Waals surface area contributed by atoms with Gasteiger partial charge in [-0.3, -0.25) is 4.79 Å². The van der Waals surface area contributed by atoms with Gasteiger partial charge in [-0.2, -0.15) is 0 Å². The Kier molecular flexibility index (Phi) is 4.45. The average molecular weight is 239 g/mol. The lowest BCUT2D eigenvalue weighted by molar-refractivity contribution is 0.0954. The molecule has 0 heterocycles. The lowest BCUT2D eigenvalue weighted by Crippen LogP contribution is -2.28. The first kappa shape index (κ1) is 13.0. The van der Waals surface area contributed by atoms with Gasteiger partial charge in [-0.05, 0) is 30.7 Å². The molecule has 92 valence electrons. The van der Waals surface area contributed by atoms with Gasteiger partial charge in [0.25, 0.3) is 5.91 Å². The second-order valence-corrected chi connectivity index (χ2v) is 3.56. The van der Waals surface area contributed by atoms with Crippen LogP contribution in [0.15, 0.2) is 23.4 Å². The van der Waals surface area contributed by atoms with E-state index in [0.717, 1.165) is 0 Å². The van der Waals surface area contributed by atoms with Crippen LogP contribution >= 0.6 is 0 Å². The van der Waals surface area contributed by atoms with Crippen molar-refractivity contribution in [3.05, 3.63) is 35.1 Å². The summed E-state index contributed by atoms with van der Waals surface area (Å²) in [5.41, 5.74) is 6.22. The first-order valence-corrected chi connectivity index (χ1v) is 5.05. The van der Waals surface area contributed by atoms with E-state index in [-0.39, 0.29) is 30.5 Å². The summed E-state index contributed by atoms with van der Waals surface area (Å²) in [4.78, 5) is 11.7. The van der Waals surface area contributed by atoms with Crippen molar-refractivity contribution in [2.45, 2.75) is 13.3 Å². The minimum Gasteiger partial charge on any atom is -0.409 e. The third-order valence-electron chi connectivity index (χ3n) is 2.23. The predicted octanol–water partition coefficient (Wildman–Crippen LogP) is 1.00. The number of carbonyl (C=O) groups excluding carboxylic acids is 1. The van der Waals surface area contributed by atoms with Crippen LogP contribution < -0.4 is 11.1 Å². The number of hydrogen-bond acceptors (Lipinski definition) is 3. The van der Waals surface area contributed by atoms with E-state index in [1.807, 2.05) is 0 Å². The predicted molar refractivity (Wildman–Crippen MR) is 61.5 cm³/mol. The molecule has 0 unspecified atom stereocenters. The van der Waals surface area contributed by atoms with Gasteiger partial charge in [0, 0.05) is 18.5 Å². The third kappa shape index (κ3) is 3.75. The fraction of sp³-hybridized carbons (Fsp3) is 0.273. The zero-order valence-electron chi connectivity index (χ0n) is 9.40. The number of halogens is 1. The van der Waals surface area contributed by atoms with Crippen LogP contribution in [0.4, 0.5) is 4.39 Å². The number of carbonyl (C=O) groups is 1. The maximum absolute atomic E-state index is 12.8. The molecule has 5 nitrogen and oxygen atoms in total. The Hall–Kier alpha value is -2.11. The van der Waals surface area contributed by atoms with Gasteiger partial charge < -0.3 is 16.3 Å². The van der Waals surface area contributed by atoms with E-state index in [4.69, 9.17) is 10.9 Å². The van der Waals surface area contributed by atoms with Crippen LogP contribution in [0.1, 0.15) is 22.3 Å². The second kappa shape index (κ2) is 5.83. The molecule has 0 aliphatic rings. The number of oxime groups is 1. The Morgan fingerprint density at radius 3 is 2.88 bits per heavy atom. The third-order valence-corrected chi connectivity index (χ3v) is 2.23. The average Bonchev–Trinajstić information content (AvgIpc) is 2.28. The number of aryl methyl sites for hydroxylation is 1. The molecule has 0 bridgehead atoms. The maximum Gasteiger partial charge on any atom is 0.251 e. The molecule has 0 aliphatic heterocycles. The van der Waals surface area contributed by atoms with Gasteiger partial charge in [-0.15, -0.1) is 0 Å². The second-order valence-electron chi connectivity index (χ2n) is 3.56. The van der Waals surface area contributed by atoms with E-state index in [1.54, 1.807) is 6.92 Å². The van der Waals surface area contributed by atoms with E-state index in [9.17, 15) is 9.18 Å². The monoisotopic (exact) mass is 239 g/mol. The normalized spacial score (nSPS) is 11.3. The van der Waals surface area contributed by atoms with Crippen molar-refractivity contribution >= 4 is 11.7 Å². The summed E-state index contributed by atoms with van der Waals surface area (Å²) in [5, 5.41) is 13.7. The molecule has 0 fully saturated rings. The lowest BCUT2D eigenvalue weighted by atomic mass is 10.1.